The Morgan fingerprint density at radius 3 is 2.56 bits per heavy atom. The van der Waals surface area contributed by atoms with Gasteiger partial charge in [0.2, 0.25) is 5.89 Å². The van der Waals surface area contributed by atoms with Crippen LogP contribution in [0.3, 0.4) is 0 Å². The van der Waals surface area contributed by atoms with Gasteiger partial charge in [-0.15, -0.1) is 10.2 Å². The number of aromatic nitrogens is 2. The van der Waals surface area contributed by atoms with Crippen LogP contribution in [-0.2, 0) is 0 Å². The molecule has 1 aliphatic rings. The molecule has 1 fully saturated rings. The Morgan fingerprint density at radius 2 is 1.75 bits per heavy atom. The minimum Gasteiger partial charge on any atom is -0.487 e. The van der Waals surface area contributed by atoms with Gasteiger partial charge in [-0.25, -0.2) is 0 Å². The monoisotopic (exact) mass is 483 g/mol. The van der Waals surface area contributed by atoms with E-state index in [1.165, 1.54) is 16.3 Å². The summed E-state index contributed by atoms with van der Waals surface area (Å²) in [6.07, 6.45) is 1.59. The van der Waals surface area contributed by atoms with Crippen LogP contribution in [0.25, 0.3) is 33.4 Å². The normalized spacial score (nSPS) is 16.1. The smallest absolute Gasteiger partial charge is 0.283 e. The highest BCUT2D eigenvalue weighted by Crippen LogP contribution is 2.33. The molecule has 7 heteroatoms. The molecule has 1 N–H and O–H groups in total. The van der Waals surface area contributed by atoms with Crippen LogP contribution in [0.2, 0.25) is 0 Å². The number of aliphatic hydroxyl groups is 1. The van der Waals surface area contributed by atoms with Crippen molar-refractivity contribution in [2.45, 2.75) is 31.8 Å². The SMILES string of the molecule is Cc1nnc(-c2cc3cccc(OC[C@@H](O)CN4CCC(c5ccc6ccccc6c5)CC4)c3o2)o1. The number of benzene rings is 3. The van der Waals surface area contributed by atoms with Gasteiger partial charge in [-0.05, 0) is 60.3 Å². The van der Waals surface area contributed by atoms with Crippen LogP contribution >= 0.6 is 0 Å². The number of aryl methyl sites for hydroxylation is 1. The first-order chi connectivity index (χ1) is 17.6. The van der Waals surface area contributed by atoms with Gasteiger partial charge in [0.1, 0.15) is 12.7 Å². The zero-order valence-corrected chi connectivity index (χ0v) is 20.3. The lowest BCUT2D eigenvalue weighted by Crippen LogP contribution is -2.40. The third-order valence-electron chi connectivity index (χ3n) is 6.98. The van der Waals surface area contributed by atoms with Crippen molar-refractivity contribution >= 4 is 21.7 Å². The molecular formula is C29H29N3O4. The summed E-state index contributed by atoms with van der Waals surface area (Å²) in [5, 5.41) is 22.0. The quantitative estimate of drug-likeness (QED) is 0.324. The number of fused-ring (bicyclic) bond motifs is 2. The minimum atomic E-state index is -0.592. The predicted octanol–water partition coefficient (Wildman–Crippen LogP) is 5.56. The Morgan fingerprint density at radius 1 is 0.944 bits per heavy atom. The summed E-state index contributed by atoms with van der Waals surface area (Å²) in [4.78, 5) is 2.33. The summed E-state index contributed by atoms with van der Waals surface area (Å²) in [6.45, 7) is 4.45. The van der Waals surface area contributed by atoms with E-state index in [1.807, 2.05) is 24.3 Å². The molecule has 36 heavy (non-hydrogen) atoms. The summed E-state index contributed by atoms with van der Waals surface area (Å²) >= 11 is 0. The number of likely N-dealkylation sites (tertiary alicyclic amines) is 1. The molecule has 5 aromatic rings. The zero-order valence-electron chi connectivity index (χ0n) is 20.3. The second-order valence-electron chi connectivity index (χ2n) is 9.56. The van der Waals surface area contributed by atoms with Crippen molar-refractivity contribution in [3.63, 3.8) is 0 Å². The van der Waals surface area contributed by atoms with Crippen molar-refractivity contribution in [3.05, 3.63) is 78.2 Å². The number of hydrogen-bond donors (Lipinski definition) is 1. The maximum Gasteiger partial charge on any atom is 0.283 e. The summed E-state index contributed by atoms with van der Waals surface area (Å²) in [7, 11) is 0. The number of para-hydroxylation sites is 1. The van der Waals surface area contributed by atoms with Gasteiger partial charge in [0.25, 0.3) is 5.89 Å². The van der Waals surface area contributed by atoms with Crippen LogP contribution in [-0.4, -0.2) is 52.5 Å². The molecule has 1 atom stereocenters. The molecule has 0 aliphatic carbocycles. The van der Waals surface area contributed by atoms with Crippen molar-refractivity contribution < 1.29 is 18.7 Å². The lowest BCUT2D eigenvalue weighted by molar-refractivity contribution is 0.0596. The molecule has 184 valence electrons. The number of furan rings is 1. The fourth-order valence-corrected chi connectivity index (χ4v) is 5.10. The lowest BCUT2D eigenvalue weighted by atomic mass is 9.88. The van der Waals surface area contributed by atoms with E-state index in [4.69, 9.17) is 13.6 Å². The van der Waals surface area contributed by atoms with Crippen LogP contribution in [0, 0.1) is 6.92 Å². The van der Waals surface area contributed by atoms with Crippen molar-refractivity contribution in [3.8, 4) is 17.4 Å². The number of piperidine rings is 1. The second kappa shape index (κ2) is 9.76. The zero-order chi connectivity index (χ0) is 24.5. The molecule has 6 rings (SSSR count). The van der Waals surface area contributed by atoms with Gasteiger partial charge in [0.15, 0.2) is 17.1 Å². The molecule has 1 saturated heterocycles. The molecule has 0 amide bonds. The van der Waals surface area contributed by atoms with Gasteiger partial charge < -0.3 is 23.6 Å². The fourth-order valence-electron chi connectivity index (χ4n) is 5.10. The number of nitrogens with zero attached hydrogens (tertiary/aromatic N) is 3. The van der Waals surface area contributed by atoms with Gasteiger partial charge in [-0.1, -0.05) is 54.6 Å². The molecule has 0 spiro atoms. The van der Waals surface area contributed by atoms with E-state index in [9.17, 15) is 5.11 Å². The first-order valence-electron chi connectivity index (χ1n) is 12.5. The Balaban J connectivity index is 1.04. The topological polar surface area (TPSA) is 84.8 Å². The maximum absolute atomic E-state index is 10.7. The van der Waals surface area contributed by atoms with E-state index in [0.717, 1.165) is 31.3 Å². The van der Waals surface area contributed by atoms with Crippen LogP contribution < -0.4 is 4.74 Å². The third-order valence-corrected chi connectivity index (χ3v) is 6.98. The Labute approximate surface area is 209 Å². The van der Waals surface area contributed by atoms with E-state index in [-0.39, 0.29) is 6.61 Å². The van der Waals surface area contributed by atoms with Crippen LogP contribution in [0.5, 0.6) is 5.75 Å². The first kappa shape index (κ1) is 22.8. The first-order valence-corrected chi connectivity index (χ1v) is 12.5. The molecule has 0 unspecified atom stereocenters. The van der Waals surface area contributed by atoms with Crippen molar-refractivity contribution in [1.29, 1.82) is 0 Å². The van der Waals surface area contributed by atoms with Gasteiger partial charge in [0.05, 0.1) is 0 Å². The lowest BCUT2D eigenvalue weighted by Gasteiger charge is -2.33. The highest BCUT2D eigenvalue weighted by molar-refractivity contribution is 5.86. The highest BCUT2D eigenvalue weighted by Gasteiger charge is 2.23. The Hall–Kier alpha value is -3.68. The average molecular weight is 484 g/mol. The molecule has 0 saturated carbocycles. The number of hydrogen-bond acceptors (Lipinski definition) is 7. The predicted molar refractivity (Wildman–Crippen MR) is 138 cm³/mol. The number of ether oxygens (including phenoxy) is 1. The fraction of sp³-hybridized carbons (Fsp3) is 0.310. The van der Waals surface area contributed by atoms with E-state index in [1.54, 1.807) is 6.92 Å². The van der Waals surface area contributed by atoms with Crippen LogP contribution in [0.15, 0.2) is 75.6 Å². The van der Waals surface area contributed by atoms with Gasteiger partial charge >= 0.3 is 0 Å². The second-order valence-corrected chi connectivity index (χ2v) is 9.56. The molecule has 2 aromatic heterocycles. The van der Waals surface area contributed by atoms with Crippen molar-refractivity contribution in [1.82, 2.24) is 15.1 Å². The molecule has 0 radical (unpaired) electrons. The Kier molecular flexibility index (Phi) is 6.17. The maximum atomic E-state index is 10.7. The van der Waals surface area contributed by atoms with Gasteiger partial charge in [-0.3, -0.25) is 0 Å². The van der Waals surface area contributed by atoms with Crippen LogP contribution in [0.1, 0.15) is 30.2 Å². The Bertz CT molecular complexity index is 1480. The molecule has 1 aliphatic heterocycles. The third kappa shape index (κ3) is 4.72. The van der Waals surface area contributed by atoms with Gasteiger partial charge in [-0.2, -0.15) is 0 Å². The largest absolute Gasteiger partial charge is 0.487 e. The highest BCUT2D eigenvalue weighted by atomic mass is 16.5. The summed E-state index contributed by atoms with van der Waals surface area (Å²) in [5.41, 5.74) is 2.02. The van der Waals surface area contributed by atoms with E-state index >= 15 is 0 Å². The van der Waals surface area contributed by atoms with Crippen molar-refractivity contribution in [2.75, 3.05) is 26.2 Å². The summed E-state index contributed by atoms with van der Waals surface area (Å²) in [6, 6.07) is 22.9. The van der Waals surface area contributed by atoms with E-state index < -0.39 is 6.10 Å². The molecule has 3 aromatic carbocycles. The standard InChI is InChI=1S/C29H29N3O4/c1-19-30-31-29(35-19)27-16-24-7-4-8-26(28(24)36-27)34-18-25(33)17-32-13-11-21(12-14-32)23-10-9-20-5-2-3-6-22(20)15-23/h2-10,15-16,21,25,33H,11-14,17-18H2,1H3/t25-/m0/s1. The summed E-state index contributed by atoms with van der Waals surface area (Å²) in [5.74, 6) is 2.46. The van der Waals surface area contributed by atoms with Crippen LogP contribution in [0.4, 0.5) is 0 Å². The molecule has 0 bridgehead atoms. The van der Waals surface area contributed by atoms with E-state index in [2.05, 4.69) is 57.6 Å². The number of rotatable bonds is 7. The molecular weight excluding hydrogens is 454 g/mol. The number of β-amino-alcohol motifs (C(OH)–C–C–N with tert-alkyl or cyclic N) is 1. The van der Waals surface area contributed by atoms with Gasteiger partial charge in [0, 0.05) is 18.9 Å². The molecule has 3 heterocycles. The van der Waals surface area contributed by atoms with E-state index in [0.29, 0.717) is 41.3 Å². The summed E-state index contributed by atoms with van der Waals surface area (Å²) < 4.78 is 17.4. The van der Waals surface area contributed by atoms with Crippen molar-refractivity contribution in [2.24, 2.45) is 0 Å². The number of aliphatic hydroxyl groups excluding tert-OH is 1. The minimum absolute atomic E-state index is 0.194. The average Bonchev–Trinajstić information content (AvgIpc) is 3.54. The molecule has 7 nitrogen and oxygen atoms in total.